The molecule has 0 bridgehead atoms. The van der Waals surface area contributed by atoms with E-state index in [1.807, 2.05) is 0 Å². The van der Waals surface area contributed by atoms with Gasteiger partial charge in [-0.1, -0.05) is 19.1 Å². The van der Waals surface area contributed by atoms with Crippen LogP contribution in [0.3, 0.4) is 0 Å². The number of hydrogen-bond donors (Lipinski definition) is 2. The Hall–Kier alpha value is -0.340. The molecule has 24 heavy (non-hydrogen) atoms. The van der Waals surface area contributed by atoms with Crippen molar-refractivity contribution in [3.8, 4) is 0 Å². The molecular weight excluding hydrogens is 296 g/mol. The lowest BCUT2D eigenvalue weighted by molar-refractivity contribution is -0.127. The third-order valence-electron chi connectivity index (χ3n) is 9.56. The van der Waals surface area contributed by atoms with Crippen LogP contribution in [0.4, 0.5) is 0 Å². The first-order valence-corrected chi connectivity index (χ1v) is 10.6. The van der Waals surface area contributed by atoms with E-state index in [1.54, 1.807) is 0 Å². The maximum Gasteiger partial charge on any atom is 0.0611 e. The first-order valence-electron chi connectivity index (χ1n) is 10.6. The average Bonchev–Trinajstić information content (AvgIpc) is 2.96. The van der Waals surface area contributed by atoms with Crippen molar-refractivity contribution < 1.29 is 10.2 Å². The van der Waals surface area contributed by atoms with Crippen LogP contribution >= 0.6 is 0 Å². The fourth-order valence-electron chi connectivity index (χ4n) is 8.47. The highest BCUT2D eigenvalue weighted by Gasteiger charge is 2.62. The SMILES string of the molecule is C[C@]12CC[C@@H](O)C[C@H]1CC[C@@H]1[C@@H]2CC[C@@]23C=CC[C@H](O)[C@H]2CC[C@@H]13. The molecule has 5 aliphatic carbocycles. The zero-order chi connectivity index (χ0) is 16.5. The Morgan fingerprint density at radius 3 is 2.58 bits per heavy atom. The molecule has 0 aliphatic heterocycles. The van der Waals surface area contributed by atoms with Crippen molar-refractivity contribution in [2.75, 3.05) is 0 Å². The van der Waals surface area contributed by atoms with Gasteiger partial charge in [0, 0.05) is 0 Å². The van der Waals surface area contributed by atoms with Crippen LogP contribution in [0.1, 0.15) is 71.1 Å². The molecule has 0 amide bonds. The van der Waals surface area contributed by atoms with Gasteiger partial charge in [0.05, 0.1) is 12.2 Å². The van der Waals surface area contributed by atoms with Gasteiger partial charge in [-0.15, -0.1) is 0 Å². The predicted octanol–water partition coefficient (Wildman–Crippen LogP) is 4.31. The van der Waals surface area contributed by atoms with Crippen LogP contribution in [0.2, 0.25) is 0 Å². The first-order chi connectivity index (χ1) is 11.5. The zero-order valence-electron chi connectivity index (χ0n) is 15.2. The van der Waals surface area contributed by atoms with Crippen molar-refractivity contribution in [2.24, 2.45) is 40.4 Å². The number of hydrogen-bond acceptors (Lipinski definition) is 2. The lowest BCUT2D eigenvalue weighted by atomic mass is 9.44. The molecule has 2 nitrogen and oxygen atoms in total. The van der Waals surface area contributed by atoms with Crippen molar-refractivity contribution >= 4 is 0 Å². The summed E-state index contributed by atoms with van der Waals surface area (Å²) < 4.78 is 0. The molecule has 2 N–H and O–H groups in total. The van der Waals surface area contributed by atoms with Crippen LogP contribution in [0, 0.1) is 40.4 Å². The summed E-state index contributed by atoms with van der Waals surface area (Å²) in [5, 5.41) is 20.8. The molecule has 0 unspecified atom stereocenters. The third kappa shape index (κ3) is 1.96. The quantitative estimate of drug-likeness (QED) is 0.650. The molecule has 0 heterocycles. The summed E-state index contributed by atoms with van der Waals surface area (Å²) in [5.41, 5.74) is 0.801. The van der Waals surface area contributed by atoms with Crippen LogP contribution in [0.25, 0.3) is 0 Å². The normalized spacial score (nSPS) is 59.2. The van der Waals surface area contributed by atoms with Gasteiger partial charge in [-0.25, -0.2) is 0 Å². The van der Waals surface area contributed by atoms with Crippen LogP contribution < -0.4 is 0 Å². The van der Waals surface area contributed by atoms with Crippen LogP contribution in [0.5, 0.6) is 0 Å². The standard InChI is InChI=1S/C22H34O2/c1-21-11-8-15(23)13-14(21)4-5-16-17(21)9-12-22-10-2-3-20(24)19(22)7-6-18(16)22/h2,10,14-20,23-24H,3-9,11-13H2,1H3/t14-,15-,16-,17+,18+,19-,20+,21+,22-/m1/s1. The largest absolute Gasteiger partial charge is 0.393 e. The molecule has 2 heteroatoms. The molecule has 4 saturated carbocycles. The fourth-order valence-corrected chi connectivity index (χ4v) is 8.47. The molecule has 0 aromatic heterocycles. The zero-order valence-corrected chi connectivity index (χ0v) is 15.2. The Morgan fingerprint density at radius 2 is 1.71 bits per heavy atom. The van der Waals surface area contributed by atoms with Gasteiger partial charge >= 0.3 is 0 Å². The summed E-state index contributed by atoms with van der Waals surface area (Å²) in [6.45, 7) is 2.57. The van der Waals surface area contributed by atoms with E-state index in [4.69, 9.17) is 0 Å². The van der Waals surface area contributed by atoms with Crippen molar-refractivity contribution in [3.63, 3.8) is 0 Å². The van der Waals surface area contributed by atoms with Crippen molar-refractivity contribution in [1.29, 1.82) is 0 Å². The Morgan fingerprint density at radius 1 is 0.875 bits per heavy atom. The molecule has 0 saturated heterocycles. The van der Waals surface area contributed by atoms with E-state index in [0.717, 1.165) is 42.9 Å². The molecule has 0 aromatic carbocycles. The number of aliphatic hydroxyl groups excluding tert-OH is 2. The van der Waals surface area contributed by atoms with Crippen molar-refractivity contribution in [2.45, 2.75) is 83.3 Å². The minimum atomic E-state index is -0.0895. The van der Waals surface area contributed by atoms with E-state index >= 15 is 0 Å². The van der Waals surface area contributed by atoms with Crippen LogP contribution in [-0.2, 0) is 0 Å². The Bertz CT molecular complexity index is 542. The average molecular weight is 331 g/mol. The predicted molar refractivity (Wildman–Crippen MR) is 95.3 cm³/mol. The molecule has 9 atom stereocenters. The molecule has 134 valence electrons. The lowest BCUT2D eigenvalue weighted by Gasteiger charge is -2.61. The number of fused-ring (bicyclic) bond motifs is 4. The van der Waals surface area contributed by atoms with E-state index in [9.17, 15) is 10.2 Å². The summed E-state index contributed by atoms with van der Waals surface area (Å²) in [4.78, 5) is 0. The Balaban J connectivity index is 1.47. The molecule has 0 aromatic rings. The van der Waals surface area contributed by atoms with Gasteiger partial charge in [0.1, 0.15) is 0 Å². The highest BCUT2D eigenvalue weighted by atomic mass is 16.3. The van der Waals surface area contributed by atoms with E-state index in [2.05, 4.69) is 19.1 Å². The van der Waals surface area contributed by atoms with Crippen LogP contribution in [-0.4, -0.2) is 22.4 Å². The maximum atomic E-state index is 10.6. The van der Waals surface area contributed by atoms with Gasteiger partial charge in [-0.3, -0.25) is 0 Å². The van der Waals surface area contributed by atoms with E-state index in [0.29, 0.717) is 16.7 Å². The van der Waals surface area contributed by atoms with Crippen LogP contribution in [0.15, 0.2) is 12.2 Å². The second kappa shape index (κ2) is 5.33. The molecule has 0 radical (unpaired) electrons. The molecular formula is C22H34O2. The topological polar surface area (TPSA) is 40.5 Å². The van der Waals surface area contributed by atoms with Gasteiger partial charge in [0.25, 0.3) is 0 Å². The summed E-state index contributed by atoms with van der Waals surface area (Å²) in [5.74, 6) is 3.84. The Kier molecular flexibility index (Phi) is 3.53. The van der Waals surface area contributed by atoms with E-state index in [-0.39, 0.29) is 12.2 Å². The van der Waals surface area contributed by atoms with E-state index < -0.39 is 0 Å². The summed E-state index contributed by atoms with van der Waals surface area (Å²) >= 11 is 0. The van der Waals surface area contributed by atoms with Gasteiger partial charge < -0.3 is 10.2 Å². The Labute approximate surface area is 146 Å². The smallest absolute Gasteiger partial charge is 0.0611 e. The molecule has 4 fully saturated rings. The number of aliphatic hydroxyl groups is 2. The van der Waals surface area contributed by atoms with Gasteiger partial charge in [-0.05, 0) is 105 Å². The van der Waals surface area contributed by atoms with Crippen molar-refractivity contribution in [3.05, 3.63) is 12.2 Å². The monoisotopic (exact) mass is 330 g/mol. The molecule has 1 spiro atoms. The summed E-state index contributed by atoms with van der Waals surface area (Å²) in [7, 11) is 0. The molecule has 5 aliphatic rings. The van der Waals surface area contributed by atoms with Crippen molar-refractivity contribution in [1.82, 2.24) is 0 Å². The number of allylic oxidation sites excluding steroid dienone is 1. The maximum absolute atomic E-state index is 10.6. The second-order valence-electron chi connectivity index (χ2n) is 10.1. The van der Waals surface area contributed by atoms with Gasteiger partial charge in [0.15, 0.2) is 0 Å². The fraction of sp³-hybridized carbons (Fsp3) is 0.909. The summed E-state index contributed by atoms with van der Waals surface area (Å²) in [6.07, 6.45) is 16.9. The van der Waals surface area contributed by atoms with Gasteiger partial charge in [0.2, 0.25) is 0 Å². The minimum Gasteiger partial charge on any atom is -0.393 e. The highest BCUT2D eigenvalue weighted by molar-refractivity contribution is 5.20. The second-order valence-corrected chi connectivity index (χ2v) is 10.1. The minimum absolute atomic E-state index is 0.0400. The molecule has 5 rings (SSSR count). The number of rotatable bonds is 0. The first kappa shape index (κ1) is 15.9. The van der Waals surface area contributed by atoms with Gasteiger partial charge in [-0.2, -0.15) is 0 Å². The highest BCUT2D eigenvalue weighted by Crippen LogP contribution is 2.69. The van der Waals surface area contributed by atoms with E-state index in [1.165, 1.54) is 44.9 Å². The lowest BCUT2D eigenvalue weighted by Crippen LogP contribution is -2.55. The summed E-state index contributed by atoms with van der Waals surface area (Å²) in [6, 6.07) is 0. The third-order valence-corrected chi connectivity index (χ3v) is 9.56.